The number of aromatic nitrogens is 3. The number of benzene rings is 1. The summed E-state index contributed by atoms with van der Waals surface area (Å²) < 4.78 is 0. The number of rotatable bonds is 6. The minimum Gasteiger partial charge on any atom is -0.341 e. The lowest BCUT2D eigenvalue weighted by atomic mass is 9.93. The highest BCUT2D eigenvalue weighted by molar-refractivity contribution is 5.83. The Hall–Kier alpha value is -2.43. The quantitative estimate of drug-likeness (QED) is 0.891. The van der Waals surface area contributed by atoms with Gasteiger partial charge in [-0.25, -0.2) is 4.98 Å². The summed E-state index contributed by atoms with van der Waals surface area (Å²) in [6, 6.07) is 10.1. The molecule has 0 saturated carbocycles. The standard InChI is InChI=1S/C18H24N4O/c1-13(2)16(17-19-12-20-21-17)18(23)22(4)11-14(3)10-15-8-6-5-7-9-15/h5-10,12-13,16H,11H2,1-4H3,(H,19,20,21)/b14-10+. The van der Waals surface area contributed by atoms with Crippen molar-refractivity contribution in [3.05, 3.63) is 53.6 Å². The first-order chi connectivity index (χ1) is 11.0. The summed E-state index contributed by atoms with van der Waals surface area (Å²) in [5.74, 6) is 0.530. The maximum Gasteiger partial charge on any atom is 0.233 e. The molecule has 122 valence electrons. The van der Waals surface area contributed by atoms with Crippen molar-refractivity contribution in [2.45, 2.75) is 26.7 Å². The highest BCUT2D eigenvalue weighted by atomic mass is 16.2. The molecule has 0 saturated heterocycles. The molecule has 1 unspecified atom stereocenters. The predicted octanol–water partition coefficient (Wildman–Crippen LogP) is 3.11. The first-order valence-corrected chi connectivity index (χ1v) is 7.81. The van der Waals surface area contributed by atoms with E-state index in [1.807, 2.05) is 46.0 Å². The average molecular weight is 312 g/mol. The van der Waals surface area contributed by atoms with E-state index in [1.54, 1.807) is 4.90 Å². The van der Waals surface area contributed by atoms with Gasteiger partial charge in [0.05, 0.1) is 5.92 Å². The molecule has 2 aromatic rings. The average Bonchev–Trinajstić information content (AvgIpc) is 3.01. The van der Waals surface area contributed by atoms with Gasteiger partial charge in [0.15, 0.2) is 0 Å². The molecule has 1 heterocycles. The van der Waals surface area contributed by atoms with Crippen LogP contribution in [0.1, 0.15) is 38.1 Å². The first-order valence-electron chi connectivity index (χ1n) is 7.81. The molecule has 0 fully saturated rings. The van der Waals surface area contributed by atoms with Crippen molar-refractivity contribution in [2.24, 2.45) is 5.92 Å². The van der Waals surface area contributed by atoms with Crippen molar-refractivity contribution in [2.75, 3.05) is 13.6 Å². The van der Waals surface area contributed by atoms with Gasteiger partial charge in [0, 0.05) is 13.6 Å². The molecule has 1 aromatic heterocycles. The van der Waals surface area contributed by atoms with E-state index in [1.165, 1.54) is 6.33 Å². The van der Waals surface area contributed by atoms with Gasteiger partial charge in [-0.2, -0.15) is 5.10 Å². The Morgan fingerprint density at radius 2 is 2.00 bits per heavy atom. The predicted molar refractivity (Wildman–Crippen MR) is 91.7 cm³/mol. The van der Waals surface area contributed by atoms with Crippen molar-refractivity contribution >= 4 is 12.0 Å². The lowest BCUT2D eigenvalue weighted by molar-refractivity contribution is -0.132. The summed E-state index contributed by atoms with van der Waals surface area (Å²) >= 11 is 0. The number of aromatic amines is 1. The topological polar surface area (TPSA) is 61.9 Å². The lowest BCUT2D eigenvalue weighted by Gasteiger charge is -2.25. The molecule has 1 N–H and O–H groups in total. The van der Waals surface area contributed by atoms with Gasteiger partial charge in [0.2, 0.25) is 5.91 Å². The third-order valence-electron chi connectivity index (χ3n) is 3.74. The van der Waals surface area contributed by atoms with Gasteiger partial charge in [-0.1, -0.05) is 55.8 Å². The van der Waals surface area contributed by atoms with E-state index in [9.17, 15) is 4.79 Å². The second-order valence-electron chi connectivity index (χ2n) is 6.19. The summed E-state index contributed by atoms with van der Waals surface area (Å²) in [6.07, 6.45) is 3.54. The largest absolute Gasteiger partial charge is 0.341 e. The van der Waals surface area contributed by atoms with Crippen LogP contribution in [-0.2, 0) is 4.79 Å². The fraction of sp³-hybridized carbons (Fsp3) is 0.389. The van der Waals surface area contributed by atoms with Crippen molar-refractivity contribution < 1.29 is 4.79 Å². The third kappa shape index (κ3) is 4.52. The molecule has 0 aliphatic rings. The number of hydrogen-bond acceptors (Lipinski definition) is 3. The number of nitrogens with one attached hydrogen (secondary N) is 1. The molecular formula is C18H24N4O. The van der Waals surface area contributed by atoms with Crippen LogP contribution in [0.3, 0.4) is 0 Å². The van der Waals surface area contributed by atoms with E-state index in [-0.39, 0.29) is 17.7 Å². The van der Waals surface area contributed by atoms with Crippen LogP contribution >= 0.6 is 0 Å². The Kier molecular flexibility index (Phi) is 5.68. The van der Waals surface area contributed by atoms with Crippen LogP contribution in [-0.4, -0.2) is 39.6 Å². The monoisotopic (exact) mass is 312 g/mol. The Balaban J connectivity index is 2.08. The van der Waals surface area contributed by atoms with E-state index in [0.717, 1.165) is 11.1 Å². The van der Waals surface area contributed by atoms with E-state index in [4.69, 9.17) is 0 Å². The van der Waals surface area contributed by atoms with E-state index >= 15 is 0 Å². The highest BCUT2D eigenvalue weighted by Crippen LogP contribution is 2.23. The second kappa shape index (κ2) is 7.72. The number of likely N-dealkylation sites (N-methyl/N-ethyl adjacent to an activating group) is 1. The lowest BCUT2D eigenvalue weighted by Crippen LogP contribution is -2.35. The number of hydrogen-bond donors (Lipinski definition) is 1. The molecule has 0 aliphatic heterocycles. The van der Waals surface area contributed by atoms with Crippen LogP contribution in [0, 0.1) is 5.92 Å². The fourth-order valence-corrected chi connectivity index (χ4v) is 2.65. The number of nitrogens with zero attached hydrogens (tertiary/aromatic N) is 3. The third-order valence-corrected chi connectivity index (χ3v) is 3.74. The van der Waals surface area contributed by atoms with Gasteiger partial charge in [-0.15, -0.1) is 0 Å². The van der Waals surface area contributed by atoms with Gasteiger partial charge in [0.25, 0.3) is 0 Å². The molecule has 1 amide bonds. The van der Waals surface area contributed by atoms with Gasteiger partial charge >= 0.3 is 0 Å². The molecule has 2 rings (SSSR count). The molecular weight excluding hydrogens is 288 g/mol. The van der Waals surface area contributed by atoms with Crippen LogP contribution in [0.2, 0.25) is 0 Å². The SMILES string of the molecule is C/C(=C\c1ccccc1)CN(C)C(=O)C(c1ncn[nH]1)C(C)C. The van der Waals surface area contributed by atoms with Crippen LogP contribution in [0.5, 0.6) is 0 Å². The number of carbonyl (C=O) groups is 1. The molecule has 0 bridgehead atoms. The summed E-state index contributed by atoms with van der Waals surface area (Å²) in [5, 5.41) is 6.69. The first kappa shape index (κ1) is 16.9. The minimum absolute atomic E-state index is 0.0533. The maximum absolute atomic E-state index is 12.8. The van der Waals surface area contributed by atoms with E-state index in [2.05, 4.69) is 33.4 Å². The summed E-state index contributed by atoms with van der Waals surface area (Å²) in [7, 11) is 1.83. The second-order valence-corrected chi connectivity index (χ2v) is 6.19. The molecule has 5 nitrogen and oxygen atoms in total. The molecule has 5 heteroatoms. The number of carbonyl (C=O) groups excluding carboxylic acids is 1. The molecule has 0 spiro atoms. The van der Waals surface area contributed by atoms with Crippen LogP contribution < -0.4 is 0 Å². The summed E-state index contributed by atoms with van der Waals surface area (Å²) in [5.41, 5.74) is 2.27. The Bertz CT molecular complexity index is 647. The zero-order valence-electron chi connectivity index (χ0n) is 14.2. The summed E-state index contributed by atoms with van der Waals surface area (Å²) in [6.45, 7) is 6.66. The number of H-pyrrole nitrogens is 1. The molecule has 1 aromatic carbocycles. The molecule has 23 heavy (non-hydrogen) atoms. The molecule has 0 radical (unpaired) electrons. The molecule has 1 atom stereocenters. The van der Waals surface area contributed by atoms with Crippen LogP contribution in [0.4, 0.5) is 0 Å². The van der Waals surface area contributed by atoms with Crippen LogP contribution in [0.25, 0.3) is 6.08 Å². The van der Waals surface area contributed by atoms with Gasteiger partial charge in [-0.3, -0.25) is 9.89 Å². The molecule has 0 aliphatic carbocycles. The Morgan fingerprint density at radius 1 is 1.30 bits per heavy atom. The van der Waals surface area contributed by atoms with Crippen molar-refractivity contribution in [1.29, 1.82) is 0 Å². The normalized spacial score (nSPS) is 13.2. The van der Waals surface area contributed by atoms with Gasteiger partial charge in [-0.05, 0) is 18.4 Å². The van der Waals surface area contributed by atoms with Crippen molar-refractivity contribution in [3.63, 3.8) is 0 Å². The zero-order chi connectivity index (χ0) is 16.8. The summed E-state index contributed by atoms with van der Waals surface area (Å²) in [4.78, 5) is 18.7. The van der Waals surface area contributed by atoms with Crippen molar-refractivity contribution in [1.82, 2.24) is 20.1 Å². The maximum atomic E-state index is 12.8. The minimum atomic E-state index is -0.299. The number of amides is 1. The van der Waals surface area contributed by atoms with Crippen molar-refractivity contribution in [3.8, 4) is 0 Å². The smallest absolute Gasteiger partial charge is 0.233 e. The van der Waals surface area contributed by atoms with Crippen LogP contribution in [0.15, 0.2) is 42.2 Å². The van der Waals surface area contributed by atoms with Gasteiger partial charge in [0.1, 0.15) is 12.2 Å². The Labute approximate surface area is 137 Å². The van der Waals surface area contributed by atoms with E-state index in [0.29, 0.717) is 12.4 Å². The highest BCUT2D eigenvalue weighted by Gasteiger charge is 2.29. The van der Waals surface area contributed by atoms with E-state index < -0.39 is 0 Å². The fourth-order valence-electron chi connectivity index (χ4n) is 2.65. The van der Waals surface area contributed by atoms with Gasteiger partial charge < -0.3 is 4.90 Å². The Morgan fingerprint density at radius 3 is 2.57 bits per heavy atom. The zero-order valence-corrected chi connectivity index (χ0v) is 14.2.